The summed E-state index contributed by atoms with van der Waals surface area (Å²) >= 11 is 0. The van der Waals surface area contributed by atoms with E-state index < -0.39 is 5.82 Å². The molecule has 2 saturated heterocycles. The van der Waals surface area contributed by atoms with E-state index in [9.17, 15) is 5.11 Å². The molecule has 36 heavy (non-hydrogen) atoms. The van der Waals surface area contributed by atoms with Gasteiger partial charge in [-0.2, -0.15) is 9.97 Å². The lowest BCUT2D eigenvalue weighted by molar-refractivity contribution is 0.380. The number of aryl methyl sites for hydroxylation is 1. The van der Waals surface area contributed by atoms with Gasteiger partial charge in [0.2, 0.25) is 0 Å². The van der Waals surface area contributed by atoms with Gasteiger partial charge in [-0.3, -0.25) is 0 Å². The summed E-state index contributed by atoms with van der Waals surface area (Å²) < 4.78 is 21.8. The first kappa shape index (κ1) is 22.5. The van der Waals surface area contributed by atoms with Gasteiger partial charge in [0.1, 0.15) is 28.5 Å². The second-order valence-corrected chi connectivity index (χ2v) is 9.43. The number of nitrogens with one attached hydrogen (secondary N) is 1. The van der Waals surface area contributed by atoms with Crippen molar-refractivity contribution in [2.75, 3.05) is 25.1 Å². The number of pyridine rings is 1. The molecule has 0 aliphatic carbocycles. The van der Waals surface area contributed by atoms with Crippen LogP contribution in [-0.4, -0.2) is 52.3 Å². The Morgan fingerprint density at radius 3 is 2.64 bits per heavy atom. The van der Waals surface area contributed by atoms with E-state index in [2.05, 4.69) is 31.1 Å². The Morgan fingerprint density at radius 2 is 1.94 bits per heavy atom. The molecule has 182 valence electrons. The van der Waals surface area contributed by atoms with Crippen molar-refractivity contribution >= 4 is 27.5 Å². The molecule has 2 bridgehead atoms. The summed E-state index contributed by atoms with van der Waals surface area (Å²) in [6, 6.07) is 9.76. The molecule has 2 aromatic heterocycles. The number of piperazine rings is 1. The topological polar surface area (TPSA) is 83.4 Å². The number of aromatic hydroxyl groups is 1. The van der Waals surface area contributed by atoms with Crippen molar-refractivity contribution in [1.82, 2.24) is 20.3 Å². The molecule has 2 aromatic carbocycles. The molecule has 4 aromatic rings. The number of hydrogen-bond acceptors (Lipinski definition) is 7. The van der Waals surface area contributed by atoms with Crippen LogP contribution in [0.3, 0.4) is 0 Å². The molecule has 2 atom stereocenters. The first-order chi connectivity index (χ1) is 17.5. The predicted octanol–water partition coefficient (Wildman–Crippen LogP) is 4.18. The molecule has 0 saturated carbocycles. The van der Waals surface area contributed by atoms with Crippen molar-refractivity contribution in [2.24, 2.45) is 0 Å². The molecule has 2 N–H and O–H groups in total. The Hall–Kier alpha value is -3.96. The minimum Gasteiger partial charge on any atom is -0.508 e. The zero-order valence-corrected chi connectivity index (χ0v) is 20.2. The molecule has 6 rings (SSSR count). The van der Waals surface area contributed by atoms with Gasteiger partial charge in [-0.15, -0.1) is 6.42 Å². The van der Waals surface area contributed by atoms with Gasteiger partial charge in [0.25, 0.3) is 0 Å². The summed E-state index contributed by atoms with van der Waals surface area (Å²) in [5, 5.41) is 16.1. The van der Waals surface area contributed by atoms with Crippen LogP contribution < -0.4 is 15.0 Å². The monoisotopic (exact) mass is 483 g/mol. The SMILES string of the molecule is C#Cc1nc(-c2cc(O)cc3cccc(CC)c23)c(F)c2nc(OC)nc(N3CC4CCC(C3)N4)c12. The van der Waals surface area contributed by atoms with E-state index in [1.807, 2.05) is 25.1 Å². The maximum Gasteiger partial charge on any atom is 0.318 e. The lowest BCUT2D eigenvalue weighted by atomic mass is 9.94. The standard InChI is InChI=1S/C28H26FN5O2/c1-4-15-7-6-8-16-11-19(35)12-20(22(15)16)25-24(29)26-23(21(5-2)31-25)27(33-28(32-26)36-3)34-13-17-9-10-18(14-34)30-17/h2,6-8,11-12,17-18,30,35H,4,9-10,13-14H2,1,3H3. The van der Waals surface area contributed by atoms with Crippen molar-refractivity contribution < 1.29 is 14.2 Å². The molecule has 8 heteroatoms. The maximum absolute atomic E-state index is 16.4. The second-order valence-electron chi connectivity index (χ2n) is 9.43. The summed E-state index contributed by atoms with van der Waals surface area (Å²) in [5.41, 5.74) is 1.85. The molecule has 0 radical (unpaired) electrons. The van der Waals surface area contributed by atoms with Gasteiger partial charge in [0, 0.05) is 30.7 Å². The van der Waals surface area contributed by atoms with Crippen LogP contribution in [0.5, 0.6) is 11.8 Å². The number of ether oxygens (including phenoxy) is 1. The maximum atomic E-state index is 16.4. The Morgan fingerprint density at radius 1 is 1.17 bits per heavy atom. The third-order valence-electron chi connectivity index (χ3n) is 7.26. The molecule has 2 fully saturated rings. The molecular weight excluding hydrogens is 457 g/mol. The summed E-state index contributed by atoms with van der Waals surface area (Å²) in [6.07, 6.45) is 8.85. The largest absolute Gasteiger partial charge is 0.508 e. The van der Waals surface area contributed by atoms with E-state index in [1.165, 1.54) is 13.2 Å². The quantitative estimate of drug-likeness (QED) is 0.421. The van der Waals surface area contributed by atoms with Crippen molar-refractivity contribution in [3.05, 3.63) is 47.4 Å². The highest BCUT2D eigenvalue weighted by Gasteiger charge is 2.35. The molecule has 2 aliphatic rings. The van der Waals surface area contributed by atoms with E-state index >= 15 is 4.39 Å². The number of fused-ring (bicyclic) bond motifs is 4. The molecule has 2 unspecified atom stereocenters. The van der Waals surface area contributed by atoms with E-state index in [0.717, 1.165) is 48.7 Å². The highest BCUT2D eigenvalue weighted by atomic mass is 19.1. The lowest BCUT2D eigenvalue weighted by Crippen LogP contribution is -2.51. The van der Waals surface area contributed by atoms with Crippen LogP contribution in [0, 0.1) is 18.2 Å². The molecule has 4 heterocycles. The van der Waals surface area contributed by atoms with Crippen LogP contribution in [-0.2, 0) is 6.42 Å². The summed E-state index contributed by atoms with van der Waals surface area (Å²) in [6.45, 7) is 3.50. The minimum atomic E-state index is -0.623. The van der Waals surface area contributed by atoms with Crippen molar-refractivity contribution in [1.29, 1.82) is 0 Å². The molecule has 0 spiro atoms. The van der Waals surface area contributed by atoms with Crippen molar-refractivity contribution in [2.45, 2.75) is 38.3 Å². The number of phenolic OH excluding ortho intramolecular Hbond substituents is 1. The van der Waals surface area contributed by atoms with Crippen LogP contribution in [0.25, 0.3) is 32.9 Å². The number of methoxy groups -OCH3 is 1. The van der Waals surface area contributed by atoms with Gasteiger partial charge < -0.3 is 20.1 Å². The molecular formula is C28H26FN5O2. The van der Waals surface area contributed by atoms with E-state index in [0.29, 0.717) is 28.9 Å². The number of halogens is 1. The average Bonchev–Trinajstić information content (AvgIpc) is 3.24. The first-order valence-electron chi connectivity index (χ1n) is 12.2. The predicted molar refractivity (Wildman–Crippen MR) is 138 cm³/mol. The Balaban J connectivity index is 1.65. The number of phenols is 1. The molecule has 7 nitrogen and oxygen atoms in total. The zero-order chi connectivity index (χ0) is 25.0. The number of nitrogens with zero attached hydrogens (tertiary/aromatic N) is 4. The van der Waals surface area contributed by atoms with Gasteiger partial charge in [-0.25, -0.2) is 9.37 Å². The van der Waals surface area contributed by atoms with E-state index in [-0.39, 0.29) is 28.7 Å². The van der Waals surface area contributed by atoms with Crippen LogP contribution in [0.2, 0.25) is 0 Å². The number of anilines is 1. The van der Waals surface area contributed by atoms with E-state index in [1.54, 1.807) is 6.07 Å². The lowest BCUT2D eigenvalue weighted by Gasteiger charge is -2.34. The van der Waals surface area contributed by atoms with Gasteiger partial charge in [-0.1, -0.05) is 25.1 Å². The Kier molecular flexibility index (Phi) is 5.38. The number of aromatic nitrogens is 3. The van der Waals surface area contributed by atoms with Crippen molar-refractivity contribution in [3.63, 3.8) is 0 Å². The summed E-state index contributed by atoms with van der Waals surface area (Å²) in [5.74, 6) is 2.59. The fourth-order valence-electron chi connectivity index (χ4n) is 5.68. The van der Waals surface area contributed by atoms with Gasteiger partial charge in [-0.05, 0) is 53.7 Å². The highest BCUT2D eigenvalue weighted by molar-refractivity contribution is 6.03. The van der Waals surface area contributed by atoms with Crippen LogP contribution in [0.1, 0.15) is 31.0 Å². The number of terminal acetylenes is 1. The zero-order valence-electron chi connectivity index (χ0n) is 20.2. The number of rotatable bonds is 4. The van der Waals surface area contributed by atoms with Crippen LogP contribution in [0.15, 0.2) is 30.3 Å². The Labute approximate surface area is 208 Å². The second kappa shape index (κ2) is 8.61. The fraction of sp³-hybridized carbons (Fsp3) is 0.321. The smallest absolute Gasteiger partial charge is 0.318 e. The Bertz CT molecular complexity index is 1550. The molecule has 2 aliphatic heterocycles. The van der Waals surface area contributed by atoms with Crippen LogP contribution >= 0.6 is 0 Å². The normalized spacial score (nSPS) is 19.1. The third-order valence-corrected chi connectivity index (χ3v) is 7.26. The number of benzene rings is 2. The first-order valence-corrected chi connectivity index (χ1v) is 12.2. The van der Waals surface area contributed by atoms with Gasteiger partial charge >= 0.3 is 6.01 Å². The fourth-order valence-corrected chi connectivity index (χ4v) is 5.68. The minimum absolute atomic E-state index is 0.0200. The number of hydrogen-bond donors (Lipinski definition) is 2. The molecule has 0 amide bonds. The summed E-state index contributed by atoms with van der Waals surface area (Å²) in [7, 11) is 1.46. The van der Waals surface area contributed by atoms with Gasteiger partial charge in [0.15, 0.2) is 5.82 Å². The average molecular weight is 484 g/mol. The summed E-state index contributed by atoms with van der Waals surface area (Å²) in [4.78, 5) is 15.8. The van der Waals surface area contributed by atoms with E-state index in [4.69, 9.17) is 11.2 Å². The van der Waals surface area contributed by atoms with Gasteiger partial charge in [0.05, 0.1) is 12.5 Å². The third kappa shape index (κ3) is 3.50. The van der Waals surface area contributed by atoms with Crippen molar-refractivity contribution in [3.8, 4) is 35.4 Å². The van der Waals surface area contributed by atoms with Crippen LogP contribution in [0.4, 0.5) is 10.2 Å². The highest BCUT2D eigenvalue weighted by Crippen LogP contribution is 2.40.